The Bertz CT molecular complexity index is 236. The maximum Gasteiger partial charge on any atom is 0.218 e. The number of nitrogens with two attached hydrogens (primary N) is 1. The highest BCUT2D eigenvalue weighted by molar-refractivity contribution is 7.99. The molecule has 0 aliphatic rings. The fourth-order valence-corrected chi connectivity index (χ4v) is 1.67. The van der Waals surface area contributed by atoms with E-state index >= 15 is 0 Å². The number of rotatable bonds is 7. The molecule has 4 heteroatoms. The fourth-order valence-electron chi connectivity index (χ4n) is 0.780. The Balaban J connectivity index is 3.74. The zero-order valence-electron chi connectivity index (χ0n) is 8.71. The van der Waals surface area contributed by atoms with Crippen LogP contribution in [0, 0.1) is 0 Å². The van der Waals surface area contributed by atoms with Gasteiger partial charge in [-0.3, -0.25) is 4.79 Å². The molecule has 80 valence electrons. The molecule has 3 nitrogen and oxygen atoms in total. The van der Waals surface area contributed by atoms with Crippen molar-refractivity contribution in [3.8, 4) is 0 Å². The summed E-state index contributed by atoms with van der Waals surface area (Å²) in [5.74, 6) is 2.08. The molecule has 0 saturated carbocycles. The van der Waals surface area contributed by atoms with Crippen molar-refractivity contribution in [3.05, 3.63) is 24.0 Å². The van der Waals surface area contributed by atoms with Gasteiger partial charge in [-0.2, -0.15) is 11.8 Å². The van der Waals surface area contributed by atoms with Crippen LogP contribution in [0.15, 0.2) is 24.0 Å². The minimum absolute atomic E-state index is 0.264. The lowest BCUT2D eigenvalue weighted by molar-refractivity contribution is -0.117. The van der Waals surface area contributed by atoms with Gasteiger partial charge in [0.1, 0.15) is 5.76 Å². The first-order valence-electron chi connectivity index (χ1n) is 4.32. The summed E-state index contributed by atoms with van der Waals surface area (Å²) in [6.45, 7) is 5.67. The van der Waals surface area contributed by atoms with Crippen LogP contribution in [-0.4, -0.2) is 24.5 Å². The number of allylic oxidation sites excluding steroid dienone is 2. The van der Waals surface area contributed by atoms with Gasteiger partial charge in [-0.05, 0) is 13.0 Å². The molecule has 14 heavy (non-hydrogen) atoms. The number of thioether (sulfide) groups is 1. The molecule has 0 aliphatic carbocycles. The first-order chi connectivity index (χ1) is 6.56. The van der Waals surface area contributed by atoms with Crippen molar-refractivity contribution in [2.24, 2.45) is 5.73 Å². The second-order valence-corrected chi connectivity index (χ2v) is 4.04. The quantitative estimate of drug-likeness (QED) is 0.399. The predicted molar refractivity (Wildman–Crippen MR) is 61.0 cm³/mol. The van der Waals surface area contributed by atoms with Gasteiger partial charge in [0.15, 0.2) is 0 Å². The highest BCUT2D eigenvalue weighted by atomic mass is 32.2. The Kier molecular flexibility index (Phi) is 7.02. The SMILES string of the molecule is C=C(C)/C=C(/CSCCC(N)=O)OC. The van der Waals surface area contributed by atoms with Crippen LogP contribution < -0.4 is 5.73 Å². The Morgan fingerprint density at radius 3 is 2.71 bits per heavy atom. The van der Waals surface area contributed by atoms with Crippen LogP contribution in [0.4, 0.5) is 0 Å². The molecular weight excluding hydrogens is 198 g/mol. The van der Waals surface area contributed by atoms with Crippen LogP contribution in [0.1, 0.15) is 13.3 Å². The minimum Gasteiger partial charge on any atom is -0.500 e. The highest BCUT2D eigenvalue weighted by Crippen LogP contribution is 2.11. The van der Waals surface area contributed by atoms with Crippen LogP contribution in [-0.2, 0) is 9.53 Å². The van der Waals surface area contributed by atoms with Crippen LogP contribution in [0.2, 0.25) is 0 Å². The van der Waals surface area contributed by atoms with Crippen molar-refractivity contribution in [2.45, 2.75) is 13.3 Å². The monoisotopic (exact) mass is 215 g/mol. The molecule has 0 spiro atoms. The van der Waals surface area contributed by atoms with Crippen molar-refractivity contribution in [3.63, 3.8) is 0 Å². The van der Waals surface area contributed by atoms with Crippen molar-refractivity contribution in [1.82, 2.24) is 0 Å². The van der Waals surface area contributed by atoms with Gasteiger partial charge in [0.25, 0.3) is 0 Å². The van der Waals surface area contributed by atoms with E-state index in [1.54, 1.807) is 18.9 Å². The van der Waals surface area contributed by atoms with Crippen LogP contribution in [0.25, 0.3) is 0 Å². The normalized spacial score (nSPS) is 11.1. The Labute approximate surface area is 89.4 Å². The van der Waals surface area contributed by atoms with E-state index in [9.17, 15) is 4.79 Å². The summed E-state index contributed by atoms with van der Waals surface area (Å²) in [4.78, 5) is 10.4. The highest BCUT2D eigenvalue weighted by Gasteiger charge is 1.98. The average Bonchev–Trinajstić information content (AvgIpc) is 2.09. The van der Waals surface area contributed by atoms with Crippen molar-refractivity contribution in [2.75, 3.05) is 18.6 Å². The van der Waals surface area contributed by atoms with Gasteiger partial charge in [-0.15, -0.1) is 0 Å². The molecule has 0 aliphatic heterocycles. The molecule has 0 fully saturated rings. The number of methoxy groups -OCH3 is 1. The summed E-state index contributed by atoms with van der Waals surface area (Å²) in [5.41, 5.74) is 5.97. The summed E-state index contributed by atoms with van der Waals surface area (Å²) in [6, 6.07) is 0. The summed E-state index contributed by atoms with van der Waals surface area (Å²) in [7, 11) is 1.63. The topological polar surface area (TPSA) is 52.3 Å². The van der Waals surface area contributed by atoms with Gasteiger partial charge in [-0.1, -0.05) is 12.2 Å². The van der Waals surface area contributed by atoms with E-state index in [4.69, 9.17) is 10.5 Å². The van der Waals surface area contributed by atoms with Gasteiger partial charge in [0.05, 0.1) is 12.9 Å². The van der Waals surface area contributed by atoms with E-state index in [1.807, 2.05) is 13.0 Å². The number of amides is 1. The molecule has 2 N–H and O–H groups in total. The number of ether oxygens (including phenoxy) is 1. The minimum atomic E-state index is -0.264. The summed E-state index contributed by atoms with van der Waals surface area (Å²) in [6.07, 6.45) is 2.30. The van der Waals surface area contributed by atoms with Crippen molar-refractivity contribution < 1.29 is 9.53 Å². The molecule has 0 rings (SSSR count). The molecule has 0 saturated heterocycles. The van der Waals surface area contributed by atoms with Crippen molar-refractivity contribution >= 4 is 17.7 Å². The van der Waals surface area contributed by atoms with E-state index in [2.05, 4.69) is 6.58 Å². The van der Waals surface area contributed by atoms with E-state index in [0.717, 1.165) is 22.8 Å². The number of carbonyl (C=O) groups is 1. The fraction of sp³-hybridized carbons (Fsp3) is 0.500. The smallest absolute Gasteiger partial charge is 0.218 e. The molecule has 0 bridgehead atoms. The Morgan fingerprint density at radius 1 is 1.64 bits per heavy atom. The summed E-state index contributed by atoms with van der Waals surface area (Å²) >= 11 is 1.62. The lowest BCUT2D eigenvalue weighted by Crippen LogP contribution is -2.11. The maximum atomic E-state index is 10.4. The third kappa shape index (κ3) is 7.73. The van der Waals surface area contributed by atoms with Crippen LogP contribution in [0.3, 0.4) is 0 Å². The summed E-state index contributed by atoms with van der Waals surface area (Å²) in [5, 5.41) is 0. The van der Waals surface area contributed by atoms with Crippen LogP contribution in [0.5, 0.6) is 0 Å². The lowest BCUT2D eigenvalue weighted by atomic mass is 10.3. The molecule has 0 aromatic carbocycles. The first-order valence-corrected chi connectivity index (χ1v) is 5.48. The van der Waals surface area contributed by atoms with E-state index in [1.165, 1.54) is 0 Å². The van der Waals surface area contributed by atoms with Gasteiger partial charge in [0, 0.05) is 12.2 Å². The molecule has 0 aromatic rings. The van der Waals surface area contributed by atoms with Gasteiger partial charge in [-0.25, -0.2) is 0 Å². The molecule has 1 amide bonds. The number of hydrogen-bond donors (Lipinski definition) is 1. The second-order valence-electron chi connectivity index (χ2n) is 2.93. The molecule has 0 heterocycles. The van der Waals surface area contributed by atoms with Gasteiger partial charge < -0.3 is 10.5 Å². The van der Waals surface area contributed by atoms with Crippen LogP contribution >= 0.6 is 11.8 Å². The van der Waals surface area contributed by atoms with Crippen molar-refractivity contribution in [1.29, 1.82) is 0 Å². The molecule has 0 radical (unpaired) electrons. The average molecular weight is 215 g/mol. The van der Waals surface area contributed by atoms with Gasteiger partial charge >= 0.3 is 0 Å². The van der Waals surface area contributed by atoms with Gasteiger partial charge in [0.2, 0.25) is 5.91 Å². The van der Waals surface area contributed by atoms with E-state index in [0.29, 0.717) is 6.42 Å². The maximum absolute atomic E-state index is 10.4. The van der Waals surface area contributed by atoms with E-state index < -0.39 is 0 Å². The first kappa shape index (κ1) is 13.1. The third-order valence-electron chi connectivity index (χ3n) is 1.41. The Morgan fingerprint density at radius 2 is 2.29 bits per heavy atom. The molecule has 0 aromatic heterocycles. The molecular formula is C10H17NO2S. The zero-order valence-corrected chi connectivity index (χ0v) is 9.52. The number of primary amides is 1. The standard InChI is InChI=1S/C10H17NO2S/c1-8(2)6-9(13-3)7-14-5-4-10(11)12/h6H,1,4-5,7H2,2-3H3,(H2,11,12)/b9-6-. The zero-order chi connectivity index (χ0) is 11.0. The predicted octanol–water partition coefficient (Wildman–Crippen LogP) is 1.70. The second kappa shape index (κ2) is 7.50. The number of carbonyl (C=O) groups excluding carboxylic acids is 1. The lowest BCUT2D eigenvalue weighted by Gasteiger charge is -2.05. The third-order valence-corrected chi connectivity index (χ3v) is 2.39. The number of hydrogen-bond acceptors (Lipinski definition) is 3. The van der Waals surface area contributed by atoms with E-state index in [-0.39, 0.29) is 5.91 Å². The molecule has 0 unspecified atom stereocenters. The Hall–Kier alpha value is -0.900. The summed E-state index contributed by atoms with van der Waals surface area (Å²) < 4.78 is 5.13. The molecule has 0 atom stereocenters. The largest absolute Gasteiger partial charge is 0.500 e.